The summed E-state index contributed by atoms with van der Waals surface area (Å²) in [5.41, 5.74) is 2.29. The monoisotopic (exact) mass is 386 g/mol. The van der Waals surface area contributed by atoms with E-state index in [1.165, 1.54) is 24.8 Å². The molecule has 1 saturated carbocycles. The highest BCUT2D eigenvalue weighted by Crippen LogP contribution is 2.33. The van der Waals surface area contributed by atoms with Crippen molar-refractivity contribution in [3.05, 3.63) is 41.2 Å². The van der Waals surface area contributed by atoms with Gasteiger partial charge in [0.25, 0.3) is 0 Å². The predicted octanol–water partition coefficient (Wildman–Crippen LogP) is 4.51. The van der Waals surface area contributed by atoms with Crippen molar-refractivity contribution in [2.24, 2.45) is 5.10 Å². The van der Waals surface area contributed by atoms with Crippen LogP contribution in [0.25, 0.3) is 0 Å². The van der Waals surface area contributed by atoms with Gasteiger partial charge in [-0.1, -0.05) is 69.1 Å². The van der Waals surface area contributed by atoms with Crippen LogP contribution in [0, 0.1) is 0 Å². The van der Waals surface area contributed by atoms with E-state index in [0.29, 0.717) is 17.0 Å². The Bertz CT molecular complexity index is 793. The maximum Gasteiger partial charge on any atom is 0.313 e. The zero-order valence-corrected chi connectivity index (χ0v) is 16.7. The molecular formula is C20H26N4O2S. The van der Waals surface area contributed by atoms with E-state index in [2.05, 4.69) is 41.3 Å². The van der Waals surface area contributed by atoms with Crippen LogP contribution in [-0.4, -0.2) is 37.9 Å². The molecule has 0 radical (unpaired) electrons. The molecule has 1 aromatic carbocycles. The number of aliphatic carboxylic acids is 1. The van der Waals surface area contributed by atoms with E-state index in [4.69, 9.17) is 5.11 Å². The number of aromatic nitrogens is 3. The zero-order chi connectivity index (χ0) is 19.2. The van der Waals surface area contributed by atoms with Crippen molar-refractivity contribution < 1.29 is 9.90 Å². The van der Waals surface area contributed by atoms with Gasteiger partial charge in [0, 0.05) is 5.92 Å². The summed E-state index contributed by atoms with van der Waals surface area (Å²) in [6.07, 6.45) is 7.60. The summed E-state index contributed by atoms with van der Waals surface area (Å²) in [5, 5.41) is 22.7. The number of nitrogens with zero attached hydrogens (tertiary/aromatic N) is 4. The van der Waals surface area contributed by atoms with Gasteiger partial charge in [0.05, 0.1) is 12.0 Å². The fourth-order valence-electron chi connectivity index (χ4n) is 3.31. The Hall–Kier alpha value is -2.15. The summed E-state index contributed by atoms with van der Waals surface area (Å²) in [6.45, 7) is 4.34. The molecular weight excluding hydrogens is 360 g/mol. The van der Waals surface area contributed by atoms with Crippen LogP contribution in [0.4, 0.5) is 0 Å². The van der Waals surface area contributed by atoms with Crippen LogP contribution in [0.15, 0.2) is 34.5 Å². The number of hydrogen-bond acceptors (Lipinski definition) is 5. The average Bonchev–Trinajstić information content (AvgIpc) is 3.08. The van der Waals surface area contributed by atoms with Gasteiger partial charge >= 0.3 is 5.97 Å². The smallest absolute Gasteiger partial charge is 0.313 e. The van der Waals surface area contributed by atoms with E-state index in [1.807, 2.05) is 12.1 Å². The number of benzene rings is 1. The van der Waals surface area contributed by atoms with Gasteiger partial charge in [-0.15, -0.1) is 10.2 Å². The van der Waals surface area contributed by atoms with Gasteiger partial charge in [-0.25, -0.2) is 0 Å². The highest BCUT2D eigenvalue weighted by molar-refractivity contribution is 7.99. The Kier molecular flexibility index (Phi) is 6.66. The molecule has 1 aliphatic carbocycles. The second-order valence-electron chi connectivity index (χ2n) is 7.24. The molecule has 6 nitrogen and oxygen atoms in total. The van der Waals surface area contributed by atoms with Crippen LogP contribution < -0.4 is 0 Å². The largest absolute Gasteiger partial charge is 0.481 e. The first kappa shape index (κ1) is 19.6. The predicted molar refractivity (Wildman–Crippen MR) is 108 cm³/mol. The molecule has 1 aliphatic rings. The molecule has 0 saturated heterocycles. The topological polar surface area (TPSA) is 80.4 Å². The number of carboxylic acid groups (broad SMARTS) is 1. The molecule has 1 aromatic heterocycles. The van der Waals surface area contributed by atoms with Crippen molar-refractivity contribution in [3.8, 4) is 0 Å². The van der Waals surface area contributed by atoms with Gasteiger partial charge in [0.15, 0.2) is 5.82 Å². The van der Waals surface area contributed by atoms with E-state index < -0.39 is 5.97 Å². The van der Waals surface area contributed by atoms with Crippen molar-refractivity contribution in [2.45, 2.75) is 62.9 Å². The Balaban J connectivity index is 1.85. The van der Waals surface area contributed by atoms with E-state index in [9.17, 15) is 4.79 Å². The molecule has 7 heteroatoms. The summed E-state index contributed by atoms with van der Waals surface area (Å²) >= 11 is 1.16. The Morgan fingerprint density at radius 1 is 1.26 bits per heavy atom. The molecule has 0 atom stereocenters. The maximum absolute atomic E-state index is 10.9. The summed E-state index contributed by atoms with van der Waals surface area (Å²) in [7, 11) is 0. The molecule has 0 spiro atoms. The van der Waals surface area contributed by atoms with Gasteiger partial charge < -0.3 is 5.11 Å². The average molecular weight is 387 g/mol. The minimum absolute atomic E-state index is 0.0542. The Morgan fingerprint density at radius 2 is 1.96 bits per heavy atom. The third-order valence-corrected chi connectivity index (χ3v) is 5.76. The molecule has 3 rings (SSSR count). The molecule has 1 heterocycles. The van der Waals surface area contributed by atoms with Gasteiger partial charge in [-0.2, -0.15) is 9.78 Å². The quantitative estimate of drug-likeness (QED) is 0.559. The van der Waals surface area contributed by atoms with Crippen LogP contribution in [0.1, 0.15) is 74.7 Å². The highest BCUT2D eigenvalue weighted by atomic mass is 32.2. The first-order chi connectivity index (χ1) is 13.0. The van der Waals surface area contributed by atoms with E-state index in [-0.39, 0.29) is 5.75 Å². The highest BCUT2D eigenvalue weighted by Gasteiger charge is 2.23. The normalized spacial score (nSPS) is 15.7. The van der Waals surface area contributed by atoms with Gasteiger partial charge in [0.2, 0.25) is 5.16 Å². The van der Waals surface area contributed by atoms with Gasteiger partial charge in [-0.3, -0.25) is 4.79 Å². The first-order valence-corrected chi connectivity index (χ1v) is 10.5. The van der Waals surface area contributed by atoms with Crippen molar-refractivity contribution in [3.63, 3.8) is 0 Å². The van der Waals surface area contributed by atoms with Gasteiger partial charge in [-0.05, 0) is 29.9 Å². The van der Waals surface area contributed by atoms with Crippen LogP contribution >= 0.6 is 11.8 Å². The van der Waals surface area contributed by atoms with Crippen LogP contribution in [-0.2, 0) is 4.79 Å². The standard InChI is InChI=1S/C20H26N4O2S/c1-14(2)16-10-8-15(9-11-16)12-21-24-19(17-6-4-3-5-7-17)22-23-20(24)27-13-18(25)26/h8-12,14,17H,3-7,13H2,1-2H3,(H,25,26)/b21-12-. The lowest BCUT2D eigenvalue weighted by Crippen LogP contribution is -2.11. The molecule has 27 heavy (non-hydrogen) atoms. The summed E-state index contributed by atoms with van der Waals surface area (Å²) in [4.78, 5) is 10.9. The second-order valence-corrected chi connectivity index (χ2v) is 8.18. The molecule has 144 valence electrons. The third-order valence-electron chi connectivity index (χ3n) is 4.86. The molecule has 1 N–H and O–H groups in total. The fourth-order valence-corrected chi connectivity index (χ4v) is 3.92. The number of thioether (sulfide) groups is 1. The van der Waals surface area contributed by atoms with Crippen molar-refractivity contribution in [2.75, 3.05) is 5.75 Å². The number of carboxylic acids is 1. The summed E-state index contributed by atoms with van der Waals surface area (Å²) in [5.74, 6) is 0.748. The molecule has 0 amide bonds. The summed E-state index contributed by atoms with van der Waals surface area (Å²) in [6, 6.07) is 8.32. The number of rotatable bonds is 7. The first-order valence-electron chi connectivity index (χ1n) is 9.49. The van der Waals surface area contributed by atoms with E-state index >= 15 is 0 Å². The third kappa shape index (κ3) is 5.19. The fraction of sp³-hybridized carbons (Fsp3) is 0.500. The second kappa shape index (κ2) is 9.17. The van der Waals surface area contributed by atoms with Crippen LogP contribution in [0.3, 0.4) is 0 Å². The minimum Gasteiger partial charge on any atom is -0.481 e. The number of hydrogen-bond donors (Lipinski definition) is 1. The van der Waals surface area contributed by atoms with Crippen LogP contribution in [0.5, 0.6) is 0 Å². The summed E-state index contributed by atoms with van der Waals surface area (Å²) < 4.78 is 1.74. The molecule has 0 unspecified atom stereocenters. The van der Waals surface area contributed by atoms with E-state index in [1.54, 1.807) is 10.9 Å². The van der Waals surface area contributed by atoms with Gasteiger partial charge in [0.1, 0.15) is 0 Å². The van der Waals surface area contributed by atoms with Crippen molar-refractivity contribution in [1.29, 1.82) is 0 Å². The molecule has 0 bridgehead atoms. The SMILES string of the molecule is CC(C)c1ccc(/C=N\n2c(SCC(=O)O)nnc2C2CCCCC2)cc1. The molecule has 1 fully saturated rings. The van der Waals surface area contributed by atoms with Crippen molar-refractivity contribution in [1.82, 2.24) is 14.9 Å². The minimum atomic E-state index is -0.873. The van der Waals surface area contributed by atoms with E-state index in [0.717, 1.165) is 36.0 Å². The zero-order valence-electron chi connectivity index (χ0n) is 15.8. The molecule has 0 aliphatic heterocycles. The molecule has 2 aromatic rings. The lowest BCUT2D eigenvalue weighted by atomic mass is 9.89. The number of carbonyl (C=O) groups is 1. The lowest BCUT2D eigenvalue weighted by molar-refractivity contribution is -0.133. The lowest BCUT2D eigenvalue weighted by Gasteiger charge is -2.20. The van der Waals surface area contributed by atoms with Crippen LogP contribution in [0.2, 0.25) is 0 Å². The Morgan fingerprint density at radius 3 is 2.59 bits per heavy atom. The Labute approximate surface area is 164 Å². The van der Waals surface area contributed by atoms with Crippen molar-refractivity contribution >= 4 is 23.9 Å². The maximum atomic E-state index is 10.9.